The monoisotopic (exact) mass is 363 g/mol. The summed E-state index contributed by atoms with van der Waals surface area (Å²) in [7, 11) is 0. The predicted molar refractivity (Wildman–Crippen MR) is 105 cm³/mol. The van der Waals surface area contributed by atoms with Crippen LogP contribution in [0.4, 0.5) is 0 Å². The molecule has 140 valence electrons. The summed E-state index contributed by atoms with van der Waals surface area (Å²) in [5.74, 6) is 0.178. The van der Waals surface area contributed by atoms with E-state index in [9.17, 15) is 4.79 Å². The van der Waals surface area contributed by atoms with Gasteiger partial charge in [-0.1, -0.05) is 18.2 Å². The second-order valence-electron chi connectivity index (χ2n) is 7.34. The largest absolute Gasteiger partial charge is 0.464 e. The van der Waals surface area contributed by atoms with Crippen molar-refractivity contribution in [3.8, 4) is 0 Å². The van der Waals surface area contributed by atoms with Crippen LogP contribution in [0, 0.1) is 13.8 Å². The number of piperazine rings is 1. The van der Waals surface area contributed by atoms with E-state index in [1.165, 1.54) is 11.1 Å². The number of amides is 1. The van der Waals surface area contributed by atoms with E-state index in [-0.39, 0.29) is 5.91 Å². The minimum Gasteiger partial charge on any atom is -0.464 e. The summed E-state index contributed by atoms with van der Waals surface area (Å²) < 4.78 is 5.75. The molecule has 1 aromatic carbocycles. The number of benzene rings is 1. The van der Waals surface area contributed by atoms with Crippen LogP contribution in [-0.4, -0.2) is 46.9 Å². The highest BCUT2D eigenvalue weighted by Gasteiger charge is 2.22. The highest BCUT2D eigenvalue weighted by molar-refractivity contribution is 5.89. The zero-order valence-corrected chi connectivity index (χ0v) is 15.9. The summed E-state index contributed by atoms with van der Waals surface area (Å²) in [5, 5.41) is 1.06. The summed E-state index contributed by atoms with van der Waals surface area (Å²) in [4.78, 5) is 21.3. The van der Waals surface area contributed by atoms with E-state index in [1.807, 2.05) is 17.2 Å². The minimum absolute atomic E-state index is 0.178. The SMILES string of the molecule is Cc1ccc2c(CC(=O)N3CCN(Cc4cccnc4)CC3)coc2c1C. The molecule has 3 heterocycles. The second kappa shape index (κ2) is 7.53. The number of pyridine rings is 1. The van der Waals surface area contributed by atoms with Gasteiger partial charge in [0.15, 0.2) is 0 Å². The molecule has 0 atom stereocenters. The molecule has 0 spiro atoms. The topological polar surface area (TPSA) is 49.6 Å². The minimum atomic E-state index is 0.178. The van der Waals surface area contributed by atoms with Crippen LogP contribution in [0.1, 0.15) is 22.3 Å². The van der Waals surface area contributed by atoms with Crippen LogP contribution in [0.15, 0.2) is 47.3 Å². The fourth-order valence-corrected chi connectivity index (χ4v) is 3.71. The summed E-state index contributed by atoms with van der Waals surface area (Å²) in [5.41, 5.74) is 5.46. The maximum absolute atomic E-state index is 12.8. The van der Waals surface area contributed by atoms with Crippen molar-refractivity contribution in [2.24, 2.45) is 0 Å². The molecule has 1 fully saturated rings. The Bertz CT molecular complexity index is 941. The van der Waals surface area contributed by atoms with Crippen LogP contribution in [0.2, 0.25) is 0 Å². The number of furan rings is 1. The zero-order valence-electron chi connectivity index (χ0n) is 15.9. The molecule has 0 N–H and O–H groups in total. The third kappa shape index (κ3) is 3.74. The Balaban J connectivity index is 1.37. The number of hydrogen-bond acceptors (Lipinski definition) is 4. The standard InChI is InChI=1S/C22H25N3O2/c1-16-5-6-20-19(15-27-22(20)17(16)2)12-21(26)25-10-8-24(9-11-25)14-18-4-3-7-23-13-18/h3-7,13,15H,8-12,14H2,1-2H3. The van der Waals surface area contributed by atoms with Crippen molar-refractivity contribution in [1.82, 2.24) is 14.8 Å². The highest BCUT2D eigenvalue weighted by Crippen LogP contribution is 2.27. The third-order valence-corrected chi connectivity index (χ3v) is 5.54. The van der Waals surface area contributed by atoms with Gasteiger partial charge >= 0.3 is 0 Å². The summed E-state index contributed by atoms with van der Waals surface area (Å²) >= 11 is 0. The van der Waals surface area contributed by atoms with Crippen molar-refractivity contribution in [2.45, 2.75) is 26.8 Å². The normalized spacial score (nSPS) is 15.4. The smallest absolute Gasteiger partial charge is 0.227 e. The Kier molecular flexibility index (Phi) is 4.94. The molecule has 1 amide bonds. The average molecular weight is 363 g/mol. The summed E-state index contributed by atoms with van der Waals surface area (Å²) in [6.07, 6.45) is 5.85. The number of fused-ring (bicyclic) bond motifs is 1. The number of aryl methyl sites for hydroxylation is 2. The van der Waals surface area contributed by atoms with Gasteiger partial charge in [0.05, 0.1) is 12.7 Å². The Morgan fingerprint density at radius 1 is 1.15 bits per heavy atom. The Hall–Kier alpha value is -2.66. The zero-order chi connectivity index (χ0) is 18.8. The van der Waals surface area contributed by atoms with Gasteiger partial charge in [0.25, 0.3) is 0 Å². The van der Waals surface area contributed by atoms with E-state index in [2.05, 4.69) is 41.9 Å². The Morgan fingerprint density at radius 3 is 2.70 bits per heavy atom. The van der Waals surface area contributed by atoms with Gasteiger partial charge < -0.3 is 9.32 Å². The van der Waals surface area contributed by atoms with Crippen molar-refractivity contribution in [3.05, 3.63) is 65.2 Å². The lowest BCUT2D eigenvalue weighted by Crippen LogP contribution is -2.48. The first-order chi connectivity index (χ1) is 13.1. The molecule has 3 aromatic rings. The first kappa shape index (κ1) is 17.7. The van der Waals surface area contributed by atoms with Crippen molar-refractivity contribution in [2.75, 3.05) is 26.2 Å². The number of rotatable bonds is 4. The van der Waals surface area contributed by atoms with Crippen LogP contribution in [-0.2, 0) is 17.8 Å². The van der Waals surface area contributed by atoms with Crippen molar-refractivity contribution < 1.29 is 9.21 Å². The maximum atomic E-state index is 12.8. The van der Waals surface area contributed by atoms with E-state index in [1.54, 1.807) is 12.5 Å². The van der Waals surface area contributed by atoms with Gasteiger partial charge in [0.2, 0.25) is 5.91 Å². The van der Waals surface area contributed by atoms with Crippen LogP contribution >= 0.6 is 0 Å². The van der Waals surface area contributed by atoms with Crippen molar-refractivity contribution in [3.63, 3.8) is 0 Å². The lowest BCUT2D eigenvalue weighted by atomic mass is 10.0. The molecule has 27 heavy (non-hydrogen) atoms. The van der Waals surface area contributed by atoms with E-state index >= 15 is 0 Å². The molecule has 1 aliphatic rings. The lowest BCUT2D eigenvalue weighted by Gasteiger charge is -2.34. The predicted octanol–water partition coefficient (Wildman–Crippen LogP) is 3.33. The molecule has 5 heteroatoms. The van der Waals surface area contributed by atoms with E-state index in [4.69, 9.17) is 4.42 Å². The summed E-state index contributed by atoms with van der Waals surface area (Å²) in [6.45, 7) is 8.36. The van der Waals surface area contributed by atoms with Gasteiger partial charge in [-0.15, -0.1) is 0 Å². The van der Waals surface area contributed by atoms with Gasteiger partial charge in [-0.05, 0) is 36.6 Å². The first-order valence-corrected chi connectivity index (χ1v) is 9.47. The molecule has 1 saturated heterocycles. The number of carbonyl (C=O) groups excluding carboxylic acids is 1. The molecule has 1 aliphatic heterocycles. The van der Waals surface area contributed by atoms with Gasteiger partial charge in [0.1, 0.15) is 5.58 Å². The maximum Gasteiger partial charge on any atom is 0.227 e. The molecule has 0 saturated carbocycles. The van der Waals surface area contributed by atoms with Crippen LogP contribution < -0.4 is 0 Å². The molecule has 5 nitrogen and oxygen atoms in total. The molecule has 0 unspecified atom stereocenters. The second-order valence-corrected chi connectivity index (χ2v) is 7.34. The molecule has 0 bridgehead atoms. The van der Waals surface area contributed by atoms with E-state index < -0.39 is 0 Å². The van der Waals surface area contributed by atoms with E-state index in [0.717, 1.165) is 54.8 Å². The fourth-order valence-electron chi connectivity index (χ4n) is 3.71. The number of hydrogen-bond donors (Lipinski definition) is 0. The van der Waals surface area contributed by atoms with Gasteiger partial charge in [-0.2, -0.15) is 0 Å². The van der Waals surface area contributed by atoms with Crippen molar-refractivity contribution in [1.29, 1.82) is 0 Å². The Labute approximate surface area is 159 Å². The first-order valence-electron chi connectivity index (χ1n) is 9.47. The molecular formula is C22H25N3O2. The van der Waals surface area contributed by atoms with Gasteiger partial charge in [-0.25, -0.2) is 0 Å². The lowest BCUT2D eigenvalue weighted by molar-refractivity contribution is -0.132. The number of carbonyl (C=O) groups is 1. The van der Waals surface area contributed by atoms with Gasteiger partial charge in [0, 0.05) is 56.1 Å². The molecule has 0 radical (unpaired) electrons. The quantitative estimate of drug-likeness (QED) is 0.713. The molecule has 4 rings (SSSR count). The molecular weight excluding hydrogens is 338 g/mol. The van der Waals surface area contributed by atoms with E-state index in [0.29, 0.717) is 6.42 Å². The third-order valence-electron chi connectivity index (χ3n) is 5.54. The van der Waals surface area contributed by atoms with Crippen LogP contribution in [0.25, 0.3) is 11.0 Å². The highest BCUT2D eigenvalue weighted by atomic mass is 16.3. The Morgan fingerprint density at radius 2 is 1.96 bits per heavy atom. The van der Waals surface area contributed by atoms with Crippen LogP contribution in [0.3, 0.4) is 0 Å². The molecule has 2 aromatic heterocycles. The van der Waals surface area contributed by atoms with Crippen molar-refractivity contribution >= 4 is 16.9 Å². The van der Waals surface area contributed by atoms with Crippen LogP contribution in [0.5, 0.6) is 0 Å². The molecule has 0 aliphatic carbocycles. The number of nitrogens with zero attached hydrogens (tertiary/aromatic N) is 3. The summed E-state index contributed by atoms with van der Waals surface area (Å²) in [6, 6.07) is 8.22. The average Bonchev–Trinajstić information content (AvgIpc) is 3.09. The number of aromatic nitrogens is 1. The van der Waals surface area contributed by atoms with Gasteiger partial charge in [-0.3, -0.25) is 14.7 Å². The fraction of sp³-hybridized carbons (Fsp3) is 0.364.